The van der Waals surface area contributed by atoms with Gasteiger partial charge in [-0.05, 0) is 31.2 Å². The van der Waals surface area contributed by atoms with Gasteiger partial charge in [-0.15, -0.1) is 0 Å². The summed E-state index contributed by atoms with van der Waals surface area (Å²) in [5.41, 5.74) is 0.938. The minimum atomic E-state index is -3.42. The van der Waals surface area contributed by atoms with Gasteiger partial charge in [-0.2, -0.15) is 0 Å². The van der Waals surface area contributed by atoms with Crippen LogP contribution < -0.4 is 10.0 Å². The van der Waals surface area contributed by atoms with Crippen LogP contribution in [0.15, 0.2) is 30.3 Å². The Kier molecular flexibility index (Phi) is 5.36. The number of benzene rings is 1. The van der Waals surface area contributed by atoms with Crippen molar-refractivity contribution < 1.29 is 13.2 Å². The molecule has 0 saturated heterocycles. The number of rotatable bonds is 8. The van der Waals surface area contributed by atoms with Gasteiger partial charge in [0.15, 0.2) is 0 Å². The van der Waals surface area contributed by atoms with E-state index in [1.807, 2.05) is 30.3 Å². The molecule has 2 rings (SSSR count). The van der Waals surface area contributed by atoms with E-state index >= 15 is 0 Å². The summed E-state index contributed by atoms with van der Waals surface area (Å²) in [6.45, 7) is 1.80. The van der Waals surface area contributed by atoms with Crippen LogP contribution in [0.5, 0.6) is 0 Å². The zero-order valence-electron chi connectivity index (χ0n) is 12.2. The van der Waals surface area contributed by atoms with E-state index < -0.39 is 16.1 Å². The van der Waals surface area contributed by atoms with Gasteiger partial charge in [-0.3, -0.25) is 4.79 Å². The lowest BCUT2D eigenvalue weighted by atomic mass is 10.1. The van der Waals surface area contributed by atoms with Crippen LogP contribution in [0.1, 0.15) is 31.7 Å². The molecule has 0 bridgehead atoms. The molecule has 1 aliphatic carbocycles. The maximum atomic E-state index is 12.2. The third kappa shape index (κ3) is 5.47. The van der Waals surface area contributed by atoms with Gasteiger partial charge in [0, 0.05) is 6.04 Å². The van der Waals surface area contributed by atoms with Gasteiger partial charge in [0.05, 0.1) is 5.75 Å². The van der Waals surface area contributed by atoms with Crippen LogP contribution in [0.3, 0.4) is 0 Å². The summed E-state index contributed by atoms with van der Waals surface area (Å²) in [5, 5.41) is 2.87. The maximum Gasteiger partial charge on any atom is 0.238 e. The summed E-state index contributed by atoms with van der Waals surface area (Å²) in [5.74, 6) is -0.198. The van der Waals surface area contributed by atoms with Crippen LogP contribution >= 0.6 is 0 Å². The van der Waals surface area contributed by atoms with Gasteiger partial charge in [-0.1, -0.05) is 37.3 Å². The van der Waals surface area contributed by atoms with Crippen molar-refractivity contribution in [2.45, 2.75) is 44.7 Å². The highest BCUT2D eigenvalue weighted by atomic mass is 32.2. The molecule has 0 aromatic heterocycles. The first-order chi connectivity index (χ1) is 10.00. The fourth-order valence-electron chi connectivity index (χ4n) is 2.11. The number of hydrogen-bond acceptors (Lipinski definition) is 3. The van der Waals surface area contributed by atoms with E-state index in [-0.39, 0.29) is 17.7 Å². The molecule has 0 heterocycles. The lowest BCUT2D eigenvalue weighted by molar-refractivity contribution is -0.122. The normalized spacial score (nSPS) is 16.4. The Labute approximate surface area is 126 Å². The summed E-state index contributed by atoms with van der Waals surface area (Å²) in [6, 6.07) is 8.91. The molecule has 1 aromatic rings. The topological polar surface area (TPSA) is 75.3 Å². The van der Waals surface area contributed by atoms with Crippen LogP contribution in [0, 0.1) is 0 Å². The predicted octanol–water partition coefficient (Wildman–Crippen LogP) is 1.21. The molecule has 21 heavy (non-hydrogen) atoms. The van der Waals surface area contributed by atoms with Crippen molar-refractivity contribution in [3.8, 4) is 0 Å². The zero-order chi connectivity index (χ0) is 15.3. The number of carbonyl (C=O) groups excluding carboxylic acids is 1. The Morgan fingerprint density at radius 3 is 2.52 bits per heavy atom. The highest BCUT2D eigenvalue weighted by Crippen LogP contribution is 2.19. The molecule has 1 saturated carbocycles. The highest BCUT2D eigenvalue weighted by molar-refractivity contribution is 7.89. The molecule has 5 nitrogen and oxygen atoms in total. The second-order valence-corrected chi connectivity index (χ2v) is 7.34. The number of carbonyl (C=O) groups is 1. The Hall–Kier alpha value is -1.40. The third-order valence-electron chi connectivity index (χ3n) is 3.32. The molecule has 0 unspecified atom stereocenters. The quantitative estimate of drug-likeness (QED) is 0.758. The minimum absolute atomic E-state index is 0.0367. The minimum Gasteiger partial charge on any atom is -0.352 e. The van der Waals surface area contributed by atoms with Gasteiger partial charge in [0.1, 0.15) is 6.04 Å². The van der Waals surface area contributed by atoms with Crippen LogP contribution in [0.25, 0.3) is 0 Å². The lowest BCUT2D eigenvalue weighted by Gasteiger charge is -2.18. The Bertz CT molecular complexity index is 568. The third-order valence-corrected chi connectivity index (χ3v) is 4.91. The van der Waals surface area contributed by atoms with Crippen molar-refractivity contribution in [1.29, 1.82) is 0 Å². The zero-order valence-corrected chi connectivity index (χ0v) is 13.0. The molecule has 1 aromatic carbocycles. The van der Waals surface area contributed by atoms with Crippen molar-refractivity contribution >= 4 is 15.9 Å². The molecule has 116 valence electrons. The first-order valence-corrected chi connectivity index (χ1v) is 8.99. The molecule has 1 atom stereocenters. The largest absolute Gasteiger partial charge is 0.352 e. The molecular formula is C15H22N2O3S. The Balaban J connectivity index is 2.07. The molecule has 0 aliphatic heterocycles. The van der Waals surface area contributed by atoms with Gasteiger partial charge in [0.2, 0.25) is 15.9 Å². The molecular weight excluding hydrogens is 288 g/mol. The van der Waals surface area contributed by atoms with E-state index in [4.69, 9.17) is 0 Å². The number of nitrogens with one attached hydrogen (secondary N) is 2. The molecule has 6 heteroatoms. The van der Waals surface area contributed by atoms with Gasteiger partial charge in [0.25, 0.3) is 0 Å². The Morgan fingerprint density at radius 1 is 1.29 bits per heavy atom. The standard InChI is InChI=1S/C15H22N2O3S/c1-2-10-21(19,20)17-14(15(18)16-13-8-9-13)11-12-6-4-3-5-7-12/h3-7,13-14,17H,2,8-11H2,1H3,(H,16,18)/t14-/m0/s1. The second-order valence-electron chi connectivity index (χ2n) is 5.46. The number of hydrogen-bond donors (Lipinski definition) is 2. The van der Waals surface area contributed by atoms with E-state index in [2.05, 4.69) is 10.0 Å². The van der Waals surface area contributed by atoms with Crippen molar-refractivity contribution in [1.82, 2.24) is 10.0 Å². The summed E-state index contributed by atoms with van der Waals surface area (Å²) in [7, 11) is -3.42. The maximum absolute atomic E-state index is 12.2. The van der Waals surface area contributed by atoms with Crippen molar-refractivity contribution in [2.75, 3.05) is 5.75 Å². The average molecular weight is 310 g/mol. The molecule has 1 aliphatic rings. The van der Waals surface area contributed by atoms with Crippen LogP contribution in [0.4, 0.5) is 0 Å². The summed E-state index contributed by atoms with van der Waals surface area (Å²) < 4.78 is 26.4. The molecule has 0 spiro atoms. The first-order valence-electron chi connectivity index (χ1n) is 7.34. The average Bonchev–Trinajstić information content (AvgIpc) is 3.22. The molecule has 1 amide bonds. The summed E-state index contributed by atoms with van der Waals surface area (Å²) in [6.07, 6.45) is 2.84. The SMILES string of the molecule is CCCS(=O)(=O)N[C@@H](Cc1ccccc1)C(=O)NC1CC1. The van der Waals surface area contributed by atoms with Crippen molar-refractivity contribution in [3.05, 3.63) is 35.9 Å². The number of sulfonamides is 1. The monoisotopic (exact) mass is 310 g/mol. The van der Waals surface area contributed by atoms with Crippen molar-refractivity contribution in [2.24, 2.45) is 0 Å². The van der Waals surface area contributed by atoms with Gasteiger partial charge in [-0.25, -0.2) is 13.1 Å². The summed E-state index contributed by atoms with van der Waals surface area (Å²) >= 11 is 0. The number of amides is 1. The smallest absolute Gasteiger partial charge is 0.238 e. The van der Waals surface area contributed by atoms with Crippen LogP contribution in [-0.4, -0.2) is 32.2 Å². The van der Waals surface area contributed by atoms with E-state index in [1.54, 1.807) is 6.92 Å². The summed E-state index contributed by atoms with van der Waals surface area (Å²) in [4.78, 5) is 12.2. The second kappa shape index (κ2) is 7.04. The lowest BCUT2D eigenvalue weighted by Crippen LogP contribution is -2.49. The van der Waals surface area contributed by atoms with Gasteiger partial charge >= 0.3 is 0 Å². The predicted molar refractivity (Wildman–Crippen MR) is 82.3 cm³/mol. The molecule has 2 N–H and O–H groups in total. The fourth-order valence-corrected chi connectivity index (χ4v) is 3.39. The highest BCUT2D eigenvalue weighted by Gasteiger charge is 2.29. The van der Waals surface area contributed by atoms with E-state index in [0.29, 0.717) is 12.8 Å². The van der Waals surface area contributed by atoms with Gasteiger partial charge < -0.3 is 5.32 Å². The van der Waals surface area contributed by atoms with Crippen LogP contribution in [0.2, 0.25) is 0 Å². The van der Waals surface area contributed by atoms with E-state index in [9.17, 15) is 13.2 Å². The first kappa shape index (κ1) is 16.0. The van der Waals surface area contributed by atoms with Crippen LogP contribution in [-0.2, 0) is 21.2 Å². The Morgan fingerprint density at radius 2 is 1.95 bits per heavy atom. The fraction of sp³-hybridized carbons (Fsp3) is 0.533. The van der Waals surface area contributed by atoms with E-state index in [1.165, 1.54) is 0 Å². The molecule has 1 fully saturated rings. The van der Waals surface area contributed by atoms with Crippen molar-refractivity contribution in [3.63, 3.8) is 0 Å². The van der Waals surface area contributed by atoms with E-state index in [0.717, 1.165) is 18.4 Å². The molecule has 0 radical (unpaired) electrons.